The van der Waals surface area contributed by atoms with Crippen molar-refractivity contribution in [3.8, 4) is 5.75 Å². The van der Waals surface area contributed by atoms with Crippen molar-refractivity contribution in [2.75, 3.05) is 0 Å². The van der Waals surface area contributed by atoms with Crippen LogP contribution in [-0.4, -0.2) is 25.7 Å². The number of fused-ring (bicyclic) bond motifs is 1. The summed E-state index contributed by atoms with van der Waals surface area (Å²) in [6.45, 7) is 1.13. The summed E-state index contributed by atoms with van der Waals surface area (Å²) < 4.78 is 1.61. The second-order valence-corrected chi connectivity index (χ2v) is 4.52. The van der Waals surface area contributed by atoms with Crippen LogP contribution >= 0.6 is 0 Å². The lowest BCUT2D eigenvalue weighted by Gasteiger charge is -2.13. The molecule has 2 heterocycles. The third kappa shape index (κ3) is 1.73. The Morgan fingerprint density at radius 2 is 2.11 bits per heavy atom. The van der Waals surface area contributed by atoms with Crippen LogP contribution < -0.4 is 0 Å². The summed E-state index contributed by atoms with van der Waals surface area (Å²) in [7, 11) is 1.79. The van der Waals surface area contributed by atoms with Gasteiger partial charge in [0.05, 0.1) is 11.8 Å². The Morgan fingerprint density at radius 3 is 2.83 bits per heavy atom. The zero-order chi connectivity index (χ0) is 12.7. The molecule has 0 saturated heterocycles. The monoisotopic (exact) mass is 243 g/mol. The summed E-state index contributed by atoms with van der Waals surface area (Å²) in [5, 5.41) is 13.4. The summed E-state index contributed by atoms with van der Waals surface area (Å²) in [5.74, 6) is 0.211. The molecule has 1 aliphatic rings. The fraction of sp³-hybridized carbons (Fsp3) is 0.231. The zero-order valence-electron chi connectivity index (χ0n) is 10.00. The first-order valence-electron chi connectivity index (χ1n) is 5.72. The van der Waals surface area contributed by atoms with Gasteiger partial charge in [0, 0.05) is 26.3 Å². The highest BCUT2D eigenvalue weighted by molar-refractivity contribution is 5.94. The average Bonchev–Trinajstić information content (AvgIpc) is 2.93. The van der Waals surface area contributed by atoms with Crippen molar-refractivity contribution < 1.29 is 9.90 Å². The normalized spacial score (nSPS) is 13.7. The number of phenols is 1. The largest absolute Gasteiger partial charge is 0.508 e. The van der Waals surface area contributed by atoms with Gasteiger partial charge in [-0.05, 0) is 23.3 Å². The molecule has 92 valence electrons. The van der Waals surface area contributed by atoms with E-state index in [0.717, 1.165) is 11.1 Å². The van der Waals surface area contributed by atoms with Crippen molar-refractivity contribution in [2.45, 2.75) is 13.1 Å². The van der Waals surface area contributed by atoms with Crippen molar-refractivity contribution in [3.63, 3.8) is 0 Å². The van der Waals surface area contributed by atoms with Gasteiger partial charge in [0.15, 0.2) is 0 Å². The van der Waals surface area contributed by atoms with E-state index in [9.17, 15) is 9.90 Å². The van der Waals surface area contributed by atoms with E-state index >= 15 is 0 Å². The van der Waals surface area contributed by atoms with Crippen LogP contribution in [0.1, 0.15) is 21.5 Å². The Hall–Kier alpha value is -2.30. The Bertz CT molecular complexity index is 618. The maximum atomic E-state index is 12.2. The van der Waals surface area contributed by atoms with Crippen molar-refractivity contribution in [3.05, 3.63) is 47.3 Å². The van der Waals surface area contributed by atoms with Gasteiger partial charge in [0.25, 0.3) is 5.91 Å². The SMILES string of the molecule is Cn1cc(C(=O)N2Cc3ccc(O)cc3C2)cn1. The smallest absolute Gasteiger partial charge is 0.257 e. The second-order valence-electron chi connectivity index (χ2n) is 4.52. The lowest BCUT2D eigenvalue weighted by molar-refractivity contribution is 0.0751. The van der Waals surface area contributed by atoms with Crippen LogP contribution in [-0.2, 0) is 20.1 Å². The van der Waals surface area contributed by atoms with Gasteiger partial charge in [-0.1, -0.05) is 6.07 Å². The average molecular weight is 243 g/mol. The maximum Gasteiger partial charge on any atom is 0.257 e. The first-order valence-corrected chi connectivity index (χ1v) is 5.72. The first-order chi connectivity index (χ1) is 8.63. The van der Waals surface area contributed by atoms with Crippen LogP contribution in [0.3, 0.4) is 0 Å². The predicted molar refractivity (Wildman–Crippen MR) is 64.9 cm³/mol. The fourth-order valence-electron chi connectivity index (χ4n) is 2.24. The van der Waals surface area contributed by atoms with E-state index in [1.807, 2.05) is 6.07 Å². The molecule has 0 spiro atoms. The molecule has 2 aromatic rings. The Morgan fingerprint density at radius 1 is 1.33 bits per heavy atom. The highest BCUT2D eigenvalue weighted by Gasteiger charge is 2.25. The van der Waals surface area contributed by atoms with Crippen LogP contribution in [0.5, 0.6) is 5.75 Å². The van der Waals surface area contributed by atoms with Crippen molar-refractivity contribution in [1.29, 1.82) is 0 Å². The van der Waals surface area contributed by atoms with Gasteiger partial charge in [-0.15, -0.1) is 0 Å². The van der Waals surface area contributed by atoms with Crippen molar-refractivity contribution in [2.24, 2.45) is 7.05 Å². The number of hydrogen-bond acceptors (Lipinski definition) is 3. The fourth-order valence-corrected chi connectivity index (χ4v) is 2.24. The van der Waals surface area contributed by atoms with Gasteiger partial charge >= 0.3 is 0 Å². The summed E-state index contributed by atoms with van der Waals surface area (Å²) in [4.78, 5) is 14.0. The number of aromatic nitrogens is 2. The molecule has 0 atom stereocenters. The molecule has 1 aromatic carbocycles. The van der Waals surface area contributed by atoms with Crippen LogP contribution in [0.2, 0.25) is 0 Å². The molecular formula is C13H13N3O2. The van der Waals surface area contributed by atoms with Gasteiger partial charge in [-0.25, -0.2) is 0 Å². The quantitative estimate of drug-likeness (QED) is 0.820. The minimum Gasteiger partial charge on any atom is -0.508 e. The Balaban J connectivity index is 1.83. The third-order valence-corrected chi connectivity index (χ3v) is 3.15. The van der Waals surface area contributed by atoms with Gasteiger partial charge < -0.3 is 10.0 Å². The van der Waals surface area contributed by atoms with E-state index in [1.165, 1.54) is 0 Å². The molecule has 1 aliphatic heterocycles. The number of amides is 1. The first kappa shape index (κ1) is 10.8. The van der Waals surface area contributed by atoms with Gasteiger partial charge in [0.2, 0.25) is 0 Å². The number of carbonyl (C=O) groups excluding carboxylic acids is 1. The van der Waals surface area contributed by atoms with Crippen molar-refractivity contribution >= 4 is 5.91 Å². The summed E-state index contributed by atoms with van der Waals surface area (Å²) in [6, 6.07) is 5.23. The lowest BCUT2D eigenvalue weighted by Crippen LogP contribution is -2.24. The van der Waals surface area contributed by atoms with E-state index < -0.39 is 0 Å². The number of hydrogen-bond donors (Lipinski definition) is 1. The maximum absolute atomic E-state index is 12.2. The molecular weight excluding hydrogens is 230 g/mol. The molecule has 1 amide bonds. The molecule has 0 saturated carbocycles. The number of nitrogens with zero attached hydrogens (tertiary/aromatic N) is 3. The molecule has 1 aromatic heterocycles. The standard InChI is InChI=1S/C13H13N3O2/c1-15-6-11(5-14-15)13(18)16-7-9-2-3-12(17)4-10(9)8-16/h2-6,17H,7-8H2,1H3. The minimum absolute atomic E-state index is 0.0289. The van der Waals surface area contributed by atoms with E-state index in [2.05, 4.69) is 5.10 Å². The van der Waals surface area contributed by atoms with Crippen LogP contribution in [0.25, 0.3) is 0 Å². The summed E-state index contributed by atoms with van der Waals surface area (Å²) in [6.07, 6.45) is 3.28. The zero-order valence-corrected chi connectivity index (χ0v) is 10.00. The molecule has 1 N–H and O–H groups in total. The summed E-state index contributed by atoms with van der Waals surface area (Å²) in [5.41, 5.74) is 2.69. The van der Waals surface area contributed by atoms with E-state index in [1.54, 1.807) is 41.2 Å². The van der Waals surface area contributed by atoms with E-state index in [0.29, 0.717) is 18.7 Å². The van der Waals surface area contributed by atoms with E-state index in [-0.39, 0.29) is 11.7 Å². The number of aryl methyl sites for hydroxylation is 1. The number of carbonyl (C=O) groups is 1. The number of aromatic hydroxyl groups is 1. The van der Waals surface area contributed by atoms with E-state index in [4.69, 9.17) is 0 Å². The molecule has 5 nitrogen and oxygen atoms in total. The third-order valence-electron chi connectivity index (χ3n) is 3.15. The van der Waals surface area contributed by atoms with Crippen LogP contribution in [0.15, 0.2) is 30.6 Å². The molecule has 0 bridgehead atoms. The topological polar surface area (TPSA) is 58.4 Å². The molecule has 0 radical (unpaired) electrons. The van der Waals surface area contributed by atoms with Crippen molar-refractivity contribution in [1.82, 2.24) is 14.7 Å². The van der Waals surface area contributed by atoms with Crippen LogP contribution in [0.4, 0.5) is 0 Å². The highest BCUT2D eigenvalue weighted by Crippen LogP contribution is 2.27. The highest BCUT2D eigenvalue weighted by atomic mass is 16.3. The molecule has 18 heavy (non-hydrogen) atoms. The lowest BCUT2D eigenvalue weighted by atomic mass is 10.1. The second kappa shape index (κ2) is 3.87. The van der Waals surface area contributed by atoms with Gasteiger partial charge in [-0.3, -0.25) is 9.48 Å². The number of phenolic OH excluding ortho intramolecular Hbond substituents is 1. The number of benzene rings is 1. The molecule has 5 heteroatoms. The molecule has 0 fully saturated rings. The predicted octanol–water partition coefficient (Wildman–Crippen LogP) is 1.28. The molecule has 0 unspecified atom stereocenters. The number of rotatable bonds is 1. The Labute approximate surface area is 104 Å². The van der Waals surface area contributed by atoms with Gasteiger partial charge in [0.1, 0.15) is 5.75 Å². The minimum atomic E-state index is -0.0289. The van der Waals surface area contributed by atoms with Crippen LogP contribution in [0, 0.1) is 0 Å². The Kier molecular flexibility index (Phi) is 2.33. The molecule has 3 rings (SSSR count). The molecule has 0 aliphatic carbocycles. The van der Waals surface area contributed by atoms with Gasteiger partial charge in [-0.2, -0.15) is 5.10 Å². The summed E-state index contributed by atoms with van der Waals surface area (Å²) >= 11 is 0.